The second-order valence-electron chi connectivity index (χ2n) is 3.15. The smallest absolute Gasteiger partial charge is 0.184 e. The van der Waals surface area contributed by atoms with E-state index >= 15 is 0 Å². The molecule has 80 valence electrons. The Bertz CT molecular complexity index is 452. The van der Waals surface area contributed by atoms with Crippen LogP contribution in [0.4, 0.5) is 5.13 Å². The Morgan fingerprint density at radius 3 is 2.87 bits per heavy atom. The maximum Gasteiger partial charge on any atom is 0.184 e. The second-order valence-corrected chi connectivity index (χ2v) is 6.09. The molecule has 1 unspecified atom stereocenters. The lowest BCUT2D eigenvalue weighted by Gasteiger charge is -2.08. The lowest BCUT2D eigenvalue weighted by atomic mass is 10.4. The molecule has 0 fully saturated rings. The molecule has 0 saturated carbocycles. The van der Waals surface area contributed by atoms with Crippen molar-refractivity contribution in [1.82, 2.24) is 9.97 Å². The fourth-order valence-electron chi connectivity index (χ4n) is 1.14. The van der Waals surface area contributed by atoms with E-state index in [9.17, 15) is 0 Å². The average molecular weight is 304 g/mol. The van der Waals surface area contributed by atoms with Crippen LogP contribution in [0.2, 0.25) is 0 Å². The van der Waals surface area contributed by atoms with Crippen LogP contribution in [0.1, 0.15) is 22.9 Å². The van der Waals surface area contributed by atoms with Crippen LogP contribution in [0.15, 0.2) is 16.2 Å². The third kappa shape index (κ3) is 2.76. The number of anilines is 1. The molecule has 0 radical (unpaired) electrons. The number of halogens is 1. The average Bonchev–Trinajstić information content (AvgIpc) is 2.75. The largest absolute Gasteiger partial charge is 0.353 e. The molecular weight excluding hydrogens is 294 g/mol. The van der Waals surface area contributed by atoms with Gasteiger partial charge in [-0.15, -0.1) is 22.7 Å². The van der Waals surface area contributed by atoms with Gasteiger partial charge < -0.3 is 5.32 Å². The van der Waals surface area contributed by atoms with Crippen LogP contribution in [0.3, 0.4) is 0 Å². The fraction of sp³-hybridized carbons (Fsp3) is 0.333. The van der Waals surface area contributed by atoms with Crippen molar-refractivity contribution in [1.29, 1.82) is 0 Å². The first-order chi connectivity index (χ1) is 7.15. The van der Waals surface area contributed by atoms with Gasteiger partial charge in [-0.05, 0) is 29.8 Å². The van der Waals surface area contributed by atoms with Crippen LogP contribution < -0.4 is 5.32 Å². The Balaban J connectivity index is 2.06. The predicted molar refractivity (Wildman–Crippen MR) is 68.7 cm³/mol. The molecule has 2 aromatic heterocycles. The molecule has 0 amide bonds. The van der Waals surface area contributed by atoms with E-state index in [4.69, 9.17) is 0 Å². The molecule has 2 aromatic rings. The summed E-state index contributed by atoms with van der Waals surface area (Å²) in [5, 5.41) is 7.29. The van der Waals surface area contributed by atoms with E-state index in [0.29, 0.717) is 0 Å². The molecule has 15 heavy (non-hydrogen) atoms. The minimum atomic E-state index is 0.210. The first kappa shape index (κ1) is 11.0. The SMILES string of the molecule is Cc1cnc(C(C)Nc2nc(Br)cs2)s1. The number of rotatable bonds is 3. The van der Waals surface area contributed by atoms with Gasteiger partial charge in [-0.3, -0.25) is 0 Å². The maximum absolute atomic E-state index is 4.34. The second kappa shape index (κ2) is 4.59. The maximum atomic E-state index is 4.34. The van der Waals surface area contributed by atoms with Gasteiger partial charge in [0, 0.05) is 16.5 Å². The molecule has 0 bridgehead atoms. The van der Waals surface area contributed by atoms with Crippen LogP contribution in [-0.4, -0.2) is 9.97 Å². The van der Waals surface area contributed by atoms with Gasteiger partial charge in [0.25, 0.3) is 0 Å². The zero-order valence-corrected chi connectivity index (χ0v) is 11.5. The van der Waals surface area contributed by atoms with Crippen molar-refractivity contribution in [3.05, 3.63) is 26.1 Å². The van der Waals surface area contributed by atoms with Gasteiger partial charge in [0.15, 0.2) is 5.13 Å². The summed E-state index contributed by atoms with van der Waals surface area (Å²) in [7, 11) is 0. The Labute approximate surface area is 105 Å². The number of thiazole rings is 2. The number of nitrogens with zero attached hydrogens (tertiary/aromatic N) is 2. The van der Waals surface area contributed by atoms with Crippen LogP contribution in [-0.2, 0) is 0 Å². The molecule has 0 aliphatic rings. The van der Waals surface area contributed by atoms with Gasteiger partial charge in [-0.1, -0.05) is 0 Å². The predicted octanol–water partition coefficient (Wildman–Crippen LogP) is 3.84. The van der Waals surface area contributed by atoms with Crippen molar-refractivity contribution >= 4 is 43.7 Å². The molecule has 0 aliphatic carbocycles. The summed E-state index contributed by atoms with van der Waals surface area (Å²) in [6, 6.07) is 0.210. The van der Waals surface area contributed by atoms with Crippen LogP contribution >= 0.6 is 38.6 Å². The normalized spacial score (nSPS) is 12.7. The van der Waals surface area contributed by atoms with E-state index in [1.807, 2.05) is 11.6 Å². The van der Waals surface area contributed by atoms with Gasteiger partial charge in [0.2, 0.25) is 0 Å². The van der Waals surface area contributed by atoms with Gasteiger partial charge in [0.1, 0.15) is 9.61 Å². The molecule has 2 heterocycles. The highest BCUT2D eigenvalue weighted by molar-refractivity contribution is 9.10. The molecule has 1 atom stereocenters. The molecule has 6 heteroatoms. The molecule has 0 aromatic carbocycles. The highest BCUT2D eigenvalue weighted by atomic mass is 79.9. The van der Waals surface area contributed by atoms with Crippen LogP contribution in [0.25, 0.3) is 0 Å². The van der Waals surface area contributed by atoms with Gasteiger partial charge in [-0.25, -0.2) is 9.97 Å². The van der Waals surface area contributed by atoms with E-state index in [1.54, 1.807) is 22.7 Å². The van der Waals surface area contributed by atoms with Crippen molar-refractivity contribution in [2.24, 2.45) is 0 Å². The first-order valence-electron chi connectivity index (χ1n) is 4.45. The van der Waals surface area contributed by atoms with E-state index in [-0.39, 0.29) is 6.04 Å². The van der Waals surface area contributed by atoms with Crippen molar-refractivity contribution in [3.63, 3.8) is 0 Å². The minimum absolute atomic E-state index is 0.210. The Hall–Kier alpha value is -0.460. The number of aromatic nitrogens is 2. The first-order valence-corrected chi connectivity index (χ1v) is 6.94. The third-order valence-electron chi connectivity index (χ3n) is 1.83. The molecule has 3 nitrogen and oxygen atoms in total. The van der Waals surface area contributed by atoms with Crippen molar-refractivity contribution in [2.45, 2.75) is 19.9 Å². The van der Waals surface area contributed by atoms with Crippen LogP contribution in [0.5, 0.6) is 0 Å². The lowest BCUT2D eigenvalue weighted by Crippen LogP contribution is -2.05. The summed E-state index contributed by atoms with van der Waals surface area (Å²) in [6.07, 6.45) is 1.90. The monoisotopic (exact) mass is 303 g/mol. The number of hydrogen-bond acceptors (Lipinski definition) is 5. The lowest BCUT2D eigenvalue weighted by molar-refractivity contribution is 0.866. The standard InChI is InChI=1S/C9H10BrN3S2/c1-5-3-11-8(15-5)6(2)12-9-13-7(10)4-14-9/h3-4,6H,1-2H3,(H,12,13). The summed E-state index contributed by atoms with van der Waals surface area (Å²) in [5.74, 6) is 0. The summed E-state index contributed by atoms with van der Waals surface area (Å²) in [6.45, 7) is 4.15. The summed E-state index contributed by atoms with van der Waals surface area (Å²) < 4.78 is 0.873. The molecule has 1 N–H and O–H groups in total. The highest BCUT2D eigenvalue weighted by Gasteiger charge is 2.10. The number of hydrogen-bond donors (Lipinski definition) is 1. The quantitative estimate of drug-likeness (QED) is 0.936. The topological polar surface area (TPSA) is 37.8 Å². The molecule has 0 saturated heterocycles. The van der Waals surface area contributed by atoms with Gasteiger partial charge in [-0.2, -0.15) is 0 Å². The molecular formula is C9H10BrN3S2. The van der Waals surface area contributed by atoms with E-state index in [2.05, 4.69) is 45.1 Å². The number of aryl methyl sites for hydroxylation is 1. The van der Waals surface area contributed by atoms with E-state index < -0.39 is 0 Å². The van der Waals surface area contributed by atoms with E-state index in [0.717, 1.165) is 14.7 Å². The summed E-state index contributed by atoms with van der Waals surface area (Å²) >= 11 is 6.63. The van der Waals surface area contributed by atoms with Crippen LogP contribution in [0, 0.1) is 6.92 Å². The number of nitrogens with one attached hydrogen (secondary N) is 1. The Morgan fingerprint density at radius 2 is 2.33 bits per heavy atom. The summed E-state index contributed by atoms with van der Waals surface area (Å²) in [4.78, 5) is 9.86. The Kier molecular flexibility index (Phi) is 3.38. The molecule has 0 spiro atoms. The minimum Gasteiger partial charge on any atom is -0.353 e. The zero-order valence-electron chi connectivity index (χ0n) is 8.32. The van der Waals surface area contributed by atoms with E-state index in [1.165, 1.54) is 4.88 Å². The summed E-state index contributed by atoms with van der Waals surface area (Å²) in [5.41, 5.74) is 0. The van der Waals surface area contributed by atoms with Crippen molar-refractivity contribution in [2.75, 3.05) is 5.32 Å². The fourth-order valence-corrected chi connectivity index (χ4v) is 3.15. The molecule has 2 rings (SSSR count). The van der Waals surface area contributed by atoms with Gasteiger partial charge in [0.05, 0.1) is 6.04 Å². The van der Waals surface area contributed by atoms with Crippen molar-refractivity contribution < 1.29 is 0 Å². The molecule has 0 aliphatic heterocycles. The van der Waals surface area contributed by atoms with Gasteiger partial charge >= 0.3 is 0 Å². The highest BCUT2D eigenvalue weighted by Crippen LogP contribution is 2.26. The third-order valence-corrected chi connectivity index (χ3v) is 4.40. The Morgan fingerprint density at radius 1 is 1.53 bits per heavy atom. The van der Waals surface area contributed by atoms with Crippen molar-refractivity contribution in [3.8, 4) is 0 Å². The zero-order chi connectivity index (χ0) is 10.8.